The van der Waals surface area contributed by atoms with Gasteiger partial charge in [-0.15, -0.1) is 0 Å². The maximum absolute atomic E-state index is 13.0. The van der Waals surface area contributed by atoms with Gasteiger partial charge in [-0.3, -0.25) is 14.6 Å². The summed E-state index contributed by atoms with van der Waals surface area (Å²) < 4.78 is 11.2. The van der Waals surface area contributed by atoms with Crippen molar-refractivity contribution in [3.05, 3.63) is 65.2 Å². The Morgan fingerprint density at radius 3 is 2.70 bits per heavy atom. The average Bonchev–Trinajstić information content (AvgIpc) is 3.28. The minimum absolute atomic E-state index is 0.0908. The lowest BCUT2D eigenvalue weighted by Crippen LogP contribution is -2.38. The van der Waals surface area contributed by atoms with E-state index in [1.807, 2.05) is 48.2 Å². The fourth-order valence-corrected chi connectivity index (χ4v) is 4.26. The van der Waals surface area contributed by atoms with Crippen molar-refractivity contribution in [3.8, 4) is 0 Å². The molecule has 0 aliphatic carbocycles. The van der Waals surface area contributed by atoms with Crippen LogP contribution < -0.4 is 5.32 Å². The van der Waals surface area contributed by atoms with Crippen LogP contribution in [-0.2, 0) is 4.74 Å². The summed E-state index contributed by atoms with van der Waals surface area (Å²) in [7, 11) is 0. The summed E-state index contributed by atoms with van der Waals surface area (Å²) in [6, 6.07) is 13.2. The Balaban J connectivity index is 1.40. The molecule has 174 valence electrons. The summed E-state index contributed by atoms with van der Waals surface area (Å²) in [6.07, 6.45) is 2.46. The van der Waals surface area contributed by atoms with E-state index in [2.05, 4.69) is 12.2 Å². The van der Waals surface area contributed by atoms with Gasteiger partial charge in [-0.05, 0) is 50.5 Å². The number of carbonyl (C=O) groups excluding carboxylic acids is 2. The number of ether oxygens (including phenoxy) is 1. The lowest BCUT2D eigenvalue weighted by atomic mass is 9.89. The van der Waals surface area contributed by atoms with Gasteiger partial charge in [0.2, 0.25) is 0 Å². The number of rotatable bonds is 8. The van der Waals surface area contributed by atoms with Gasteiger partial charge in [0.05, 0.1) is 17.9 Å². The third-order valence-corrected chi connectivity index (χ3v) is 5.99. The third-order valence-electron chi connectivity index (χ3n) is 5.99. The molecule has 1 aliphatic heterocycles. The summed E-state index contributed by atoms with van der Waals surface area (Å²) >= 11 is 0. The Morgan fingerprint density at radius 1 is 1.15 bits per heavy atom. The largest absolute Gasteiger partial charge is 0.451 e. The number of benzene rings is 1. The van der Waals surface area contributed by atoms with Gasteiger partial charge in [-0.2, -0.15) is 0 Å². The topological polar surface area (TPSA) is 84.7 Å². The van der Waals surface area contributed by atoms with Crippen LogP contribution in [0.1, 0.15) is 64.4 Å². The summed E-state index contributed by atoms with van der Waals surface area (Å²) in [5.41, 5.74) is 3.03. The molecule has 0 atom stereocenters. The number of piperidine rings is 1. The molecule has 1 fully saturated rings. The van der Waals surface area contributed by atoms with E-state index >= 15 is 0 Å². The van der Waals surface area contributed by atoms with Crippen LogP contribution in [0.15, 0.2) is 46.9 Å². The number of carbonyl (C=O) groups is 2. The Hall–Kier alpha value is -3.19. The smallest absolute Gasteiger partial charge is 0.289 e. The van der Waals surface area contributed by atoms with Crippen molar-refractivity contribution >= 4 is 22.8 Å². The molecule has 1 N–H and O–H groups in total. The SMILES string of the molecule is CCCOCCNC(=O)c1ccc(C)nc1C1CCN(C(=O)c2cc3ccccc3o2)CC1. The number of aromatic nitrogens is 1. The molecule has 0 unspecified atom stereocenters. The predicted octanol–water partition coefficient (Wildman–Crippen LogP) is 4.31. The van der Waals surface area contributed by atoms with Gasteiger partial charge in [-0.25, -0.2) is 0 Å². The Morgan fingerprint density at radius 2 is 1.94 bits per heavy atom. The molecule has 1 saturated heterocycles. The first-order chi connectivity index (χ1) is 16.1. The number of nitrogens with one attached hydrogen (secondary N) is 1. The highest BCUT2D eigenvalue weighted by atomic mass is 16.5. The van der Waals surface area contributed by atoms with Crippen LogP contribution in [0.4, 0.5) is 0 Å². The van der Waals surface area contributed by atoms with Crippen molar-refractivity contribution < 1.29 is 18.7 Å². The van der Waals surface area contributed by atoms with Crippen LogP contribution in [0.2, 0.25) is 0 Å². The van der Waals surface area contributed by atoms with Gasteiger partial charge in [0.15, 0.2) is 5.76 Å². The molecule has 4 rings (SSSR count). The molecule has 3 heterocycles. The Bertz CT molecular complexity index is 1080. The number of furan rings is 1. The number of hydrogen-bond donors (Lipinski definition) is 1. The monoisotopic (exact) mass is 449 g/mol. The number of nitrogens with zero attached hydrogens (tertiary/aromatic N) is 2. The highest BCUT2D eigenvalue weighted by molar-refractivity contribution is 5.96. The minimum Gasteiger partial charge on any atom is -0.451 e. The van der Waals surface area contributed by atoms with Gasteiger partial charge in [0.1, 0.15) is 5.58 Å². The van der Waals surface area contributed by atoms with Crippen molar-refractivity contribution in [2.45, 2.75) is 39.0 Å². The summed E-state index contributed by atoms with van der Waals surface area (Å²) in [4.78, 5) is 32.3. The second-order valence-corrected chi connectivity index (χ2v) is 8.47. The van der Waals surface area contributed by atoms with Crippen molar-refractivity contribution in [1.82, 2.24) is 15.2 Å². The maximum Gasteiger partial charge on any atom is 0.289 e. The molecule has 1 aliphatic rings. The molecule has 2 amide bonds. The number of pyridine rings is 1. The molecular weight excluding hydrogens is 418 g/mol. The normalized spacial score (nSPS) is 14.5. The molecule has 0 spiro atoms. The third kappa shape index (κ3) is 5.42. The van der Waals surface area contributed by atoms with E-state index in [0.29, 0.717) is 44.2 Å². The van der Waals surface area contributed by atoms with Crippen LogP contribution >= 0.6 is 0 Å². The standard InChI is InChI=1S/C26H31N3O4/c1-3-15-32-16-12-27-25(30)21-9-8-18(2)28-24(21)19-10-13-29(14-11-19)26(31)23-17-20-6-4-5-7-22(20)33-23/h4-9,17,19H,3,10-16H2,1-2H3,(H,27,30). The van der Waals surface area contributed by atoms with Gasteiger partial charge in [0.25, 0.3) is 11.8 Å². The lowest BCUT2D eigenvalue weighted by Gasteiger charge is -2.32. The maximum atomic E-state index is 13.0. The van der Waals surface area contributed by atoms with E-state index in [1.54, 1.807) is 6.07 Å². The van der Waals surface area contributed by atoms with Gasteiger partial charge in [-0.1, -0.05) is 25.1 Å². The number of amides is 2. The molecule has 1 aromatic carbocycles. The van der Waals surface area contributed by atoms with E-state index in [4.69, 9.17) is 14.1 Å². The predicted molar refractivity (Wildman–Crippen MR) is 127 cm³/mol. The molecule has 2 aromatic heterocycles. The molecule has 3 aromatic rings. The van der Waals surface area contributed by atoms with Crippen LogP contribution in [0.25, 0.3) is 11.0 Å². The quantitative estimate of drug-likeness (QED) is 0.518. The van der Waals surface area contributed by atoms with E-state index in [-0.39, 0.29) is 17.7 Å². The highest BCUT2D eigenvalue weighted by Crippen LogP contribution is 2.30. The first-order valence-electron chi connectivity index (χ1n) is 11.7. The zero-order valence-electron chi connectivity index (χ0n) is 19.3. The molecule has 33 heavy (non-hydrogen) atoms. The minimum atomic E-state index is -0.126. The zero-order chi connectivity index (χ0) is 23.2. The molecule has 7 heteroatoms. The van der Waals surface area contributed by atoms with Crippen LogP contribution in [0.3, 0.4) is 0 Å². The van der Waals surface area contributed by atoms with E-state index in [0.717, 1.165) is 41.6 Å². The number of para-hydroxylation sites is 1. The van der Waals surface area contributed by atoms with Gasteiger partial charge >= 0.3 is 0 Å². The number of likely N-dealkylation sites (tertiary alicyclic amines) is 1. The van der Waals surface area contributed by atoms with Crippen molar-refractivity contribution in [1.29, 1.82) is 0 Å². The average molecular weight is 450 g/mol. The Kier molecular flexibility index (Phi) is 7.40. The summed E-state index contributed by atoms with van der Waals surface area (Å²) in [5.74, 6) is 0.278. The second-order valence-electron chi connectivity index (χ2n) is 8.47. The Labute approximate surface area is 194 Å². The molecule has 0 radical (unpaired) electrons. The fourth-order valence-electron chi connectivity index (χ4n) is 4.26. The fraction of sp³-hybridized carbons (Fsp3) is 0.423. The van der Waals surface area contributed by atoms with Gasteiger partial charge < -0.3 is 19.4 Å². The number of aryl methyl sites for hydroxylation is 1. The van der Waals surface area contributed by atoms with Crippen molar-refractivity contribution in [3.63, 3.8) is 0 Å². The number of hydrogen-bond acceptors (Lipinski definition) is 5. The second kappa shape index (κ2) is 10.6. The summed E-state index contributed by atoms with van der Waals surface area (Å²) in [5, 5.41) is 3.86. The number of fused-ring (bicyclic) bond motifs is 1. The van der Waals surface area contributed by atoms with E-state index in [1.165, 1.54) is 0 Å². The van der Waals surface area contributed by atoms with Crippen molar-refractivity contribution in [2.75, 3.05) is 32.8 Å². The zero-order valence-corrected chi connectivity index (χ0v) is 19.3. The van der Waals surface area contributed by atoms with E-state index < -0.39 is 0 Å². The van der Waals surface area contributed by atoms with Gasteiger partial charge in [0, 0.05) is 43.2 Å². The highest BCUT2D eigenvalue weighted by Gasteiger charge is 2.29. The van der Waals surface area contributed by atoms with Crippen molar-refractivity contribution in [2.24, 2.45) is 0 Å². The van der Waals surface area contributed by atoms with Crippen LogP contribution in [0, 0.1) is 6.92 Å². The van der Waals surface area contributed by atoms with Crippen LogP contribution in [0.5, 0.6) is 0 Å². The van der Waals surface area contributed by atoms with Crippen LogP contribution in [-0.4, -0.2) is 54.5 Å². The molecule has 7 nitrogen and oxygen atoms in total. The first kappa shape index (κ1) is 23.0. The van der Waals surface area contributed by atoms with E-state index in [9.17, 15) is 9.59 Å². The molecule has 0 saturated carbocycles. The first-order valence-corrected chi connectivity index (χ1v) is 11.7. The molecular formula is C26H31N3O4. The lowest BCUT2D eigenvalue weighted by molar-refractivity contribution is 0.0681. The summed E-state index contributed by atoms with van der Waals surface area (Å²) in [6.45, 7) is 6.85. The molecule has 0 bridgehead atoms.